The molecule has 3 heteroatoms. The van der Waals surface area contributed by atoms with Crippen molar-refractivity contribution >= 4 is 11.8 Å². The van der Waals surface area contributed by atoms with E-state index in [2.05, 4.69) is 5.92 Å². The van der Waals surface area contributed by atoms with Gasteiger partial charge in [-0.2, -0.15) is 0 Å². The van der Waals surface area contributed by atoms with Crippen LogP contribution in [0.1, 0.15) is 32.1 Å². The normalized spacial score (nSPS) is 16.4. The van der Waals surface area contributed by atoms with E-state index < -0.39 is 0 Å². The first-order valence-corrected chi connectivity index (χ1v) is 6.11. The number of hydrogen-bond donors (Lipinski definition) is 0. The second-order valence-electron chi connectivity index (χ2n) is 4.41. The summed E-state index contributed by atoms with van der Waals surface area (Å²) in [5, 5.41) is 0. The van der Waals surface area contributed by atoms with E-state index in [9.17, 15) is 4.79 Å². The highest BCUT2D eigenvalue weighted by molar-refractivity contribution is 5.94. The molecule has 0 aliphatic heterocycles. The zero-order valence-electron chi connectivity index (χ0n) is 9.89. The van der Waals surface area contributed by atoms with Crippen LogP contribution in [0.4, 0.5) is 5.88 Å². The van der Waals surface area contributed by atoms with Gasteiger partial charge in [-0.25, -0.2) is 0 Å². The standard InChI is InChI=1S/C14H17NO2/c1-2-10-15(13-9-6-11-17-13)14(16)12-7-4-3-5-8-12/h1,6,9,11-12H,3-5,7-8,10H2. The Morgan fingerprint density at radius 2 is 2.24 bits per heavy atom. The molecule has 0 radical (unpaired) electrons. The average molecular weight is 231 g/mol. The van der Waals surface area contributed by atoms with Crippen molar-refractivity contribution in [2.24, 2.45) is 5.92 Å². The van der Waals surface area contributed by atoms with E-state index in [1.165, 1.54) is 6.42 Å². The fourth-order valence-corrected chi connectivity index (χ4v) is 2.35. The minimum atomic E-state index is 0.109. The summed E-state index contributed by atoms with van der Waals surface area (Å²) in [5.41, 5.74) is 0. The third-order valence-electron chi connectivity index (χ3n) is 3.24. The SMILES string of the molecule is C#CCN(C(=O)C1CCCCC1)c1ccco1. The molecule has 1 aliphatic rings. The minimum absolute atomic E-state index is 0.109. The molecule has 1 aromatic heterocycles. The Morgan fingerprint density at radius 1 is 1.47 bits per heavy atom. The van der Waals surface area contributed by atoms with Crippen molar-refractivity contribution in [3.05, 3.63) is 18.4 Å². The number of furan rings is 1. The number of hydrogen-bond acceptors (Lipinski definition) is 2. The third kappa shape index (κ3) is 2.71. The zero-order chi connectivity index (χ0) is 12.1. The Balaban J connectivity index is 2.10. The largest absolute Gasteiger partial charge is 0.448 e. The fourth-order valence-electron chi connectivity index (χ4n) is 2.35. The molecule has 1 aliphatic carbocycles. The third-order valence-corrected chi connectivity index (χ3v) is 3.24. The van der Waals surface area contributed by atoms with Gasteiger partial charge in [-0.05, 0) is 18.9 Å². The molecule has 2 rings (SSSR count). The van der Waals surface area contributed by atoms with E-state index in [0.717, 1.165) is 25.7 Å². The van der Waals surface area contributed by atoms with Crippen molar-refractivity contribution in [2.45, 2.75) is 32.1 Å². The fraction of sp³-hybridized carbons (Fsp3) is 0.500. The maximum absolute atomic E-state index is 12.4. The highest BCUT2D eigenvalue weighted by Gasteiger charge is 2.27. The number of nitrogens with zero attached hydrogens (tertiary/aromatic N) is 1. The first-order valence-electron chi connectivity index (χ1n) is 6.11. The summed E-state index contributed by atoms with van der Waals surface area (Å²) in [4.78, 5) is 13.9. The molecule has 0 N–H and O–H groups in total. The van der Waals surface area contributed by atoms with E-state index in [1.54, 1.807) is 23.3 Å². The Labute approximate surface area is 102 Å². The highest BCUT2D eigenvalue weighted by Crippen LogP contribution is 2.27. The first-order chi connectivity index (χ1) is 8.33. The second-order valence-corrected chi connectivity index (χ2v) is 4.41. The summed E-state index contributed by atoms with van der Waals surface area (Å²) in [6, 6.07) is 3.55. The van der Waals surface area contributed by atoms with Crippen LogP contribution >= 0.6 is 0 Å². The van der Waals surface area contributed by atoms with Crippen LogP contribution in [0.25, 0.3) is 0 Å². The van der Waals surface area contributed by atoms with Gasteiger partial charge in [0, 0.05) is 12.0 Å². The quantitative estimate of drug-likeness (QED) is 0.749. The van der Waals surface area contributed by atoms with Crippen LogP contribution in [0, 0.1) is 18.3 Å². The average Bonchev–Trinajstić information content (AvgIpc) is 2.90. The minimum Gasteiger partial charge on any atom is -0.448 e. The number of rotatable bonds is 3. The van der Waals surface area contributed by atoms with Gasteiger partial charge in [-0.3, -0.25) is 9.69 Å². The number of terminal acetylenes is 1. The van der Waals surface area contributed by atoms with Crippen LogP contribution < -0.4 is 4.90 Å². The van der Waals surface area contributed by atoms with E-state index in [4.69, 9.17) is 10.8 Å². The van der Waals surface area contributed by atoms with Crippen LogP contribution in [0.5, 0.6) is 0 Å². The maximum atomic E-state index is 12.4. The van der Waals surface area contributed by atoms with E-state index >= 15 is 0 Å². The summed E-state index contributed by atoms with van der Waals surface area (Å²) in [6.45, 7) is 0.281. The second kappa shape index (κ2) is 5.58. The molecule has 1 fully saturated rings. The number of amides is 1. The van der Waals surface area contributed by atoms with Gasteiger partial charge in [0.25, 0.3) is 0 Å². The summed E-state index contributed by atoms with van der Waals surface area (Å²) >= 11 is 0. The molecule has 0 aromatic carbocycles. The molecule has 1 saturated carbocycles. The summed E-state index contributed by atoms with van der Waals surface area (Å²) in [5.74, 6) is 3.30. The molecule has 90 valence electrons. The van der Waals surface area contributed by atoms with Crippen molar-refractivity contribution in [2.75, 3.05) is 11.4 Å². The van der Waals surface area contributed by atoms with Gasteiger partial charge in [-0.15, -0.1) is 6.42 Å². The highest BCUT2D eigenvalue weighted by atomic mass is 16.3. The van der Waals surface area contributed by atoms with E-state index in [0.29, 0.717) is 5.88 Å². The number of carbonyl (C=O) groups is 1. The molecule has 0 spiro atoms. The van der Waals surface area contributed by atoms with Crippen molar-refractivity contribution in [3.63, 3.8) is 0 Å². The topological polar surface area (TPSA) is 33.5 Å². The number of anilines is 1. The van der Waals surface area contributed by atoms with E-state index in [-0.39, 0.29) is 18.4 Å². The zero-order valence-corrected chi connectivity index (χ0v) is 9.89. The van der Waals surface area contributed by atoms with Gasteiger partial charge >= 0.3 is 0 Å². The molecule has 17 heavy (non-hydrogen) atoms. The van der Waals surface area contributed by atoms with Gasteiger partial charge in [0.15, 0.2) is 0 Å². The molecule has 0 unspecified atom stereocenters. The maximum Gasteiger partial charge on any atom is 0.233 e. The van der Waals surface area contributed by atoms with Crippen LogP contribution in [-0.2, 0) is 4.79 Å². The van der Waals surface area contributed by atoms with E-state index in [1.807, 2.05) is 0 Å². The van der Waals surface area contributed by atoms with Gasteiger partial charge in [0.2, 0.25) is 11.8 Å². The lowest BCUT2D eigenvalue weighted by atomic mass is 9.88. The Morgan fingerprint density at radius 3 is 2.82 bits per heavy atom. The number of carbonyl (C=O) groups excluding carboxylic acids is 1. The van der Waals surface area contributed by atoms with Crippen molar-refractivity contribution < 1.29 is 9.21 Å². The summed E-state index contributed by atoms with van der Waals surface area (Å²) < 4.78 is 5.27. The van der Waals surface area contributed by atoms with Gasteiger partial charge in [-0.1, -0.05) is 25.2 Å². The van der Waals surface area contributed by atoms with Crippen LogP contribution in [0.3, 0.4) is 0 Å². The lowest BCUT2D eigenvalue weighted by Gasteiger charge is -2.26. The Kier molecular flexibility index (Phi) is 3.87. The first kappa shape index (κ1) is 11.8. The van der Waals surface area contributed by atoms with Gasteiger partial charge in [0.05, 0.1) is 12.8 Å². The van der Waals surface area contributed by atoms with Crippen molar-refractivity contribution in [1.29, 1.82) is 0 Å². The lowest BCUT2D eigenvalue weighted by Crippen LogP contribution is -2.37. The molecule has 0 bridgehead atoms. The summed E-state index contributed by atoms with van der Waals surface area (Å²) in [6.07, 6.45) is 12.3. The molecule has 1 aromatic rings. The predicted octanol–water partition coefficient (Wildman–Crippen LogP) is 2.83. The van der Waals surface area contributed by atoms with Gasteiger partial charge < -0.3 is 4.42 Å². The molecule has 1 heterocycles. The lowest BCUT2D eigenvalue weighted by molar-refractivity contribution is -0.123. The van der Waals surface area contributed by atoms with Crippen LogP contribution in [-0.4, -0.2) is 12.5 Å². The predicted molar refractivity (Wildman–Crippen MR) is 66.5 cm³/mol. The van der Waals surface area contributed by atoms with Crippen molar-refractivity contribution in [1.82, 2.24) is 0 Å². The van der Waals surface area contributed by atoms with Crippen molar-refractivity contribution in [3.8, 4) is 12.3 Å². The monoisotopic (exact) mass is 231 g/mol. The molecule has 0 saturated heterocycles. The molecule has 0 atom stereocenters. The molecule has 1 amide bonds. The molecular weight excluding hydrogens is 214 g/mol. The smallest absolute Gasteiger partial charge is 0.233 e. The molecule has 3 nitrogen and oxygen atoms in total. The van der Waals surface area contributed by atoms with Gasteiger partial charge in [0.1, 0.15) is 0 Å². The Bertz CT molecular complexity index is 396. The molecular formula is C14H17NO2. The Hall–Kier alpha value is -1.69. The van der Waals surface area contributed by atoms with Crippen LogP contribution in [0.2, 0.25) is 0 Å². The van der Waals surface area contributed by atoms with Crippen LogP contribution in [0.15, 0.2) is 22.8 Å². The summed E-state index contributed by atoms with van der Waals surface area (Å²) in [7, 11) is 0.